The first kappa shape index (κ1) is 13.5. The highest BCUT2D eigenvalue weighted by molar-refractivity contribution is 5.79. The van der Waals surface area contributed by atoms with E-state index in [1.54, 1.807) is 18.9 Å². The van der Waals surface area contributed by atoms with E-state index in [4.69, 9.17) is 5.73 Å². The first-order valence-corrected chi connectivity index (χ1v) is 6.12. The van der Waals surface area contributed by atoms with Gasteiger partial charge in [0.15, 0.2) is 0 Å². The highest BCUT2D eigenvalue weighted by Gasteiger charge is 2.34. The van der Waals surface area contributed by atoms with Crippen LogP contribution in [-0.2, 0) is 4.79 Å². The first-order valence-electron chi connectivity index (χ1n) is 6.12. The summed E-state index contributed by atoms with van der Waals surface area (Å²) >= 11 is 0. The molecule has 3 N–H and O–H groups in total. The predicted molar refractivity (Wildman–Crippen MR) is 63.8 cm³/mol. The van der Waals surface area contributed by atoms with E-state index < -0.39 is 6.10 Å². The summed E-state index contributed by atoms with van der Waals surface area (Å²) in [4.78, 5) is 13.7. The average Bonchev–Trinajstić information content (AvgIpc) is 2.20. The van der Waals surface area contributed by atoms with Gasteiger partial charge in [-0.05, 0) is 25.7 Å². The molecule has 0 aromatic rings. The summed E-state index contributed by atoms with van der Waals surface area (Å²) in [6.45, 7) is 4.18. The van der Waals surface area contributed by atoms with Gasteiger partial charge in [0.2, 0.25) is 5.91 Å². The zero-order valence-corrected chi connectivity index (χ0v) is 10.5. The lowest BCUT2D eigenvalue weighted by molar-refractivity contribution is -0.137. The van der Waals surface area contributed by atoms with Crippen LogP contribution >= 0.6 is 0 Å². The van der Waals surface area contributed by atoms with Gasteiger partial charge in [-0.15, -0.1) is 0 Å². The number of aliphatic hydroxyl groups is 1. The van der Waals surface area contributed by atoms with Crippen molar-refractivity contribution >= 4 is 5.91 Å². The number of likely N-dealkylation sites (N-methyl/N-ethyl adjacent to an activating group) is 1. The number of nitrogens with zero attached hydrogens (tertiary/aromatic N) is 1. The number of hydrogen-bond donors (Lipinski definition) is 2. The van der Waals surface area contributed by atoms with Crippen LogP contribution in [0.25, 0.3) is 0 Å². The lowest BCUT2D eigenvalue weighted by Crippen LogP contribution is -2.48. The lowest BCUT2D eigenvalue weighted by atomic mass is 9.77. The molecule has 4 atom stereocenters. The topological polar surface area (TPSA) is 66.6 Å². The van der Waals surface area contributed by atoms with Gasteiger partial charge in [0, 0.05) is 19.6 Å². The van der Waals surface area contributed by atoms with Crippen molar-refractivity contribution in [2.75, 3.05) is 13.6 Å². The molecule has 0 radical (unpaired) electrons. The normalized spacial score (nSPS) is 32.2. The maximum Gasteiger partial charge on any atom is 0.227 e. The molecule has 1 saturated carbocycles. The van der Waals surface area contributed by atoms with Gasteiger partial charge < -0.3 is 15.7 Å². The maximum absolute atomic E-state index is 12.1. The van der Waals surface area contributed by atoms with E-state index in [-0.39, 0.29) is 17.9 Å². The van der Waals surface area contributed by atoms with Gasteiger partial charge >= 0.3 is 0 Å². The van der Waals surface area contributed by atoms with Crippen LogP contribution in [0, 0.1) is 11.8 Å². The van der Waals surface area contributed by atoms with Crippen molar-refractivity contribution in [2.24, 2.45) is 17.6 Å². The van der Waals surface area contributed by atoms with Crippen LogP contribution < -0.4 is 5.73 Å². The van der Waals surface area contributed by atoms with E-state index >= 15 is 0 Å². The zero-order valence-electron chi connectivity index (χ0n) is 10.5. The van der Waals surface area contributed by atoms with Crippen molar-refractivity contribution < 1.29 is 9.90 Å². The third kappa shape index (κ3) is 3.19. The van der Waals surface area contributed by atoms with Crippen LogP contribution in [0.5, 0.6) is 0 Å². The molecule has 1 fully saturated rings. The average molecular weight is 228 g/mol. The maximum atomic E-state index is 12.1. The SMILES string of the molecule is CC(O)CN(C)C(=O)C1CCCC(C)C1N. The summed E-state index contributed by atoms with van der Waals surface area (Å²) < 4.78 is 0. The highest BCUT2D eigenvalue weighted by atomic mass is 16.3. The molecule has 0 saturated heterocycles. The lowest BCUT2D eigenvalue weighted by Gasteiger charge is -2.35. The van der Waals surface area contributed by atoms with Gasteiger partial charge in [0.05, 0.1) is 12.0 Å². The number of rotatable bonds is 3. The monoisotopic (exact) mass is 228 g/mol. The van der Waals surface area contributed by atoms with Crippen molar-refractivity contribution in [1.29, 1.82) is 0 Å². The van der Waals surface area contributed by atoms with Gasteiger partial charge in [0.1, 0.15) is 0 Å². The molecule has 94 valence electrons. The fourth-order valence-corrected chi connectivity index (χ4v) is 2.50. The second-order valence-electron chi connectivity index (χ2n) is 5.16. The Kier molecular flexibility index (Phi) is 4.74. The van der Waals surface area contributed by atoms with Crippen LogP contribution in [0.15, 0.2) is 0 Å². The summed E-state index contributed by atoms with van der Waals surface area (Å²) in [5, 5.41) is 9.26. The first-order chi connectivity index (χ1) is 7.43. The van der Waals surface area contributed by atoms with Gasteiger partial charge in [-0.25, -0.2) is 0 Å². The van der Waals surface area contributed by atoms with Crippen molar-refractivity contribution in [3.8, 4) is 0 Å². The Bertz CT molecular complexity index is 243. The molecule has 0 spiro atoms. The van der Waals surface area contributed by atoms with Gasteiger partial charge in [0.25, 0.3) is 0 Å². The Hall–Kier alpha value is -0.610. The molecule has 0 aromatic carbocycles. The molecule has 1 aliphatic carbocycles. The van der Waals surface area contributed by atoms with Crippen molar-refractivity contribution in [2.45, 2.75) is 45.3 Å². The van der Waals surface area contributed by atoms with Crippen molar-refractivity contribution in [1.82, 2.24) is 4.90 Å². The summed E-state index contributed by atoms with van der Waals surface area (Å²) in [7, 11) is 1.74. The molecule has 4 heteroatoms. The summed E-state index contributed by atoms with van der Waals surface area (Å²) in [5.41, 5.74) is 6.08. The van der Waals surface area contributed by atoms with E-state index in [0.29, 0.717) is 12.5 Å². The molecular weight excluding hydrogens is 204 g/mol. The Morgan fingerprint density at radius 2 is 2.19 bits per heavy atom. The van der Waals surface area contributed by atoms with E-state index in [9.17, 15) is 9.90 Å². The van der Waals surface area contributed by atoms with Crippen LogP contribution in [0.4, 0.5) is 0 Å². The van der Waals surface area contributed by atoms with Crippen LogP contribution in [0.2, 0.25) is 0 Å². The fraction of sp³-hybridized carbons (Fsp3) is 0.917. The second-order valence-corrected chi connectivity index (χ2v) is 5.16. The molecule has 0 aromatic heterocycles. The molecular formula is C12H24N2O2. The summed E-state index contributed by atoms with van der Waals surface area (Å²) in [6, 6.07) is -0.0299. The van der Waals surface area contributed by atoms with E-state index in [1.165, 1.54) is 0 Å². The second kappa shape index (κ2) is 5.64. The summed E-state index contributed by atoms with van der Waals surface area (Å²) in [5.74, 6) is 0.440. The quantitative estimate of drug-likeness (QED) is 0.743. The highest BCUT2D eigenvalue weighted by Crippen LogP contribution is 2.28. The number of amides is 1. The molecule has 0 heterocycles. The van der Waals surface area contributed by atoms with E-state index in [1.807, 2.05) is 0 Å². The molecule has 1 rings (SSSR count). The molecule has 4 unspecified atom stereocenters. The minimum atomic E-state index is -0.480. The molecule has 1 aliphatic rings. The number of hydrogen-bond acceptors (Lipinski definition) is 3. The molecule has 0 aliphatic heterocycles. The largest absolute Gasteiger partial charge is 0.392 e. The third-order valence-electron chi connectivity index (χ3n) is 3.53. The van der Waals surface area contributed by atoms with Crippen molar-refractivity contribution in [3.63, 3.8) is 0 Å². The number of aliphatic hydroxyl groups excluding tert-OH is 1. The standard InChI is InChI=1S/C12H24N2O2/c1-8-5-4-6-10(11(8)13)12(16)14(3)7-9(2)15/h8-11,15H,4-7,13H2,1-3H3. The number of carbonyl (C=O) groups excluding carboxylic acids is 1. The van der Waals surface area contributed by atoms with E-state index in [0.717, 1.165) is 19.3 Å². The molecule has 16 heavy (non-hydrogen) atoms. The molecule has 0 bridgehead atoms. The van der Waals surface area contributed by atoms with Crippen LogP contribution in [0.1, 0.15) is 33.1 Å². The predicted octanol–water partition coefficient (Wildman–Crippen LogP) is 0.589. The van der Waals surface area contributed by atoms with E-state index in [2.05, 4.69) is 6.92 Å². The van der Waals surface area contributed by atoms with Gasteiger partial charge in [-0.1, -0.05) is 13.3 Å². The van der Waals surface area contributed by atoms with Crippen LogP contribution in [0.3, 0.4) is 0 Å². The molecule has 1 amide bonds. The van der Waals surface area contributed by atoms with Gasteiger partial charge in [-0.2, -0.15) is 0 Å². The fourth-order valence-electron chi connectivity index (χ4n) is 2.50. The smallest absolute Gasteiger partial charge is 0.227 e. The summed E-state index contributed by atoms with van der Waals surface area (Å²) in [6.07, 6.45) is 2.60. The zero-order chi connectivity index (χ0) is 12.3. The third-order valence-corrected chi connectivity index (χ3v) is 3.53. The Labute approximate surface area is 97.8 Å². The Morgan fingerprint density at radius 1 is 1.56 bits per heavy atom. The molecule has 4 nitrogen and oxygen atoms in total. The van der Waals surface area contributed by atoms with Crippen molar-refractivity contribution in [3.05, 3.63) is 0 Å². The van der Waals surface area contributed by atoms with Crippen LogP contribution in [-0.4, -0.2) is 41.7 Å². The van der Waals surface area contributed by atoms with Gasteiger partial charge in [-0.3, -0.25) is 4.79 Å². The number of nitrogens with two attached hydrogens (primary N) is 1. The minimum Gasteiger partial charge on any atom is -0.392 e. The Morgan fingerprint density at radius 3 is 2.75 bits per heavy atom. The minimum absolute atomic E-state index is 0.0299. The Balaban J connectivity index is 2.58. The number of carbonyl (C=O) groups is 1.